The first-order valence-corrected chi connectivity index (χ1v) is 6.03. The molecule has 2 rings (SSSR count). The van der Waals surface area contributed by atoms with E-state index in [1.54, 1.807) is 30.3 Å². The first-order chi connectivity index (χ1) is 9.19. The highest BCUT2D eigenvalue weighted by atomic mass is 19.1. The molecule has 19 heavy (non-hydrogen) atoms. The summed E-state index contributed by atoms with van der Waals surface area (Å²) in [5.41, 5.74) is 1.74. The minimum Gasteiger partial charge on any atom is -0.508 e. The van der Waals surface area contributed by atoms with E-state index in [9.17, 15) is 4.39 Å². The van der Waals surface area contributed by atoms with Gasteiger partial charge < -0.3 is 15.2 Å². The van der Waals surface area contributed by atoms with E-state index in [1.807, 2.05) is 13.1 Å². The molecule has 0 amide bonds. The third kappa shape index (κ3) is 3.69. The monoisotopic (exact) mass is 261 g/mol. The SMILES string of the molecule is CNCc1ccc(OCc2ccc(O)cc2)c(F)c1. The van der Waals surface area contributed by atoms with E-state index >= 15 is 0 Å². The van der Waals surface area contributed by atoms with E-state index in [0.29, 0.717) is 6.54 Å². The standard InChI is InChI=1S/C15H16FNO2/c1-17-9-12-4-7-15(14(16)8-12)19-10-11-2-5-13(18)6-3-11/h2-8,17-18H,9-10H2,1H3. The van der Waals surface area contributed by atoms with E-state index < -0.39 is 0 Å². The van der Waals surface area contributed by atoms with Gasteiger partial charge in [-0.3, -0.25) is 0 Å². The van der Waals surface area contributed by atoms with Gasteiger partial charge in [-0.05, 0) is 42.4 Å². The van der Waals surface area contributed by atoms with Gasteiger partial charge in [0.25, 0.3) is 0 Å². The fraction of sp³-hybridized carbons (Fsp3) is 0.200. The molecule has 0 aliphatic rings. The second kappa shape index (κ2) is 6.20. The largest absolute Gasteiger partial charge is 0.508 e. The van der Waals surface area contributed by atoms with Gasteiger partial charge in [-0.25, -0.2) is 4.39 Å². The van der Waals surface area contributed by atoms with Gasteiger partial charge in [0.05, 0.1) is 0 Å². The lowest BCUT2D eigenvalue weighted by Gasteiger charge is -2.09. The molecule has 100 valence electrons. The third-order valence-electron chi connectivity index (χ3n) is 2.71. The first-order valence-electron chi connectivity index (χ1n) is 6.03. The highest BCUT2D eigenvalue weighted by molar-refractivity contribution is 5.30. The Kier molecular flexibility index (Phi) is 4.36. The number of halogens is 1. The minimum absolute atomic E-state index is 0.200. The molecule has 0 bridgehead atoms. The van der Waals surface area contributed by atoms with Crippen LogP contribution in [0.4, 0.5) is 4.39 Å². The fourth-order valence-electron chi connectivity index (χ4n) is 1.73. The number of benzene rings is 2. The molecule has 2 aromatic carbocycles. The molecule has 2 aromatic rings. The molecular weight excluding hydrogens is 245 g/mol. The molecule has 0 aliphatic heterocycles. The van der Waals surface area contributed by atoms with Crippen molar-refractivity contribution in [3.05, 3.63) is 59.4 Å². The number of nitrogens with one attached hydrogen (secondary N) is 1. The molecular formula is C15H16FNO2. The topological polar surface area (TPSA) is 41.5 Å². The van der Waals surface area contributed by atoms with Crippen LogP contribution in [0.5, 0.6) is 11.5 Å². The van der Waals surface area contributed by atoms with Gasteiger partial charge in [-0.15, -0.1) is 0 Å². The molecule has 0 fully saturated rings. The molecule has 0 unspecified atom stereocenters. The van der Waals surface area contributed by atoms with Crippen molar-refractivity contribution in [2.45, 2.75) is 13.2 Å². The summed E-state index contributed by atoms with van der Waals surface area (Å²) in [6, 6.07) is 11.5. The van der Waals surface area contributed by atoms with E-state index in [-0.39, 0.29) is 23.9 Å². The summed E-state index contributed by atoms with van der Waals surface area (Å²) < 4.78 is 19.2. The van der Waals surface area contributed by atoms with E-state index in [0.717, 1.165) is 11.1 Å². The van der Waals surface area contributed by atoms with Gasteiger partial charge in [-0.2, -0.15) is 0 Å². The molecule has 0 spiro atoms. The van der Waals surface area contributed by atoms with Crippen molar-refractivity contribution in [3.8, 4) is 11.5 Å². The molecule has 0 saturated heterocycles. The van der Waals surface area contributed by atoms with Crippen LogP contribution in [0.15, 0.2) is 42.5 Å². The highest BCUT2D eigenvalue weighted by Gasteiger charge is 2.05. The second-order valence-electron chi connectivity index (χ2n) is 4.25. The number of phenolic OH excluding ortho intramolecular Hbond substituents is 1. The Morgan fingerprint density at radius 3 is 2.42 bits per heavy atom. The van der Waals surface area contributed by atoms with E-state index in [1.165, 1.54) is 6.07 Å². The fourth-order valence-corrected chi connectivity index (χ4v) is 1.73. The summed E-state index contributed by atoms with van der Waals surface area (Å²) in [5, 5.41) is 12.1. The summed E-state index contributed by atoms with van der Waals surface area (Å²) in [7, 11) is 1.81. The van der Waals surface area contributed by atoms with Crippen molar-refractivity contribution < 1.29 is 14.2 Å². The predicted molar refractivity (Wildman–Crippen MR) is 71.6 cm³/mol. The number of ether oxygens (including phenoxy) is 1. The molecule has 0 aromatic heterocycles. The van der Waals surface area contributed by atoms with Crippen LogP contribution in [0.25, 0.3) is 0 Å². The molecule has 4 heteroatoms. The Morgan fingerprint density at radius 1 is 1.11 bits per heavy atom. The maximum Gasteiger partial charge on any atom is 0.165 e. The molecule has 3 nitrogen and oxygen atoms in total. The Balaban J connectivity index is 2.01. The lowest BCUT2D eigenvalue weighted by atomic mass is 10.2. The van der Waals surface area contributed by atoms with Crippen LogP contribution in [-0.4, -0.2) is 12.2 Å². The van der Waals surface area contributed by atoms with Crippen LogP contribution in [0.1, 0.15) is 11.1 Å². The Hall–Kier alpha value is -2.07. The van der Waals surface area contributed by atoms with Crippen molar-refractivity contribution in [2.75, 3.05) is 7.05 Å². The zero-order valence-electron chi connectivity index (χ0n) is 10.7. The number of aromatic hydroxyl groups is 1. The third-order valence-corrected chi connectivity index (χ3v) is 2.71. The predicted octanol–water partition coefficient (Wildman–Crippen LogP) is 2.83. The maximum atomic E-state index is 13.7. The van der Waals surface area contributed by atoms with Gasteiger partial charge in [0.15, 0.2) is 11.6 Å². The van der Waals surface area contributed by atoms with Crippen molar-refractivity contribution in [2.24, 2.45) is 0 Å². The van der Waals surface area contributed by atoms with Gasteiger partial charge >= 0.3 is 0 Å². The van der Waals surface area contributed by atoms with Gasteiger partial charge in [0, 0.05) is 6.54 Å². The number of phenols is 1. The van der Waals surface area contributed by atoms with Crippen LogP contribution in [0.3, 0.4) is 0 Å². The summed E-state index contributed by atoms with van der Waals surface area (Å²) in [4.78, 5) is 0. The minimum atomic E-state index is -0.369. The molecule has 0 aliphatic carbocycles. The maximum absolute atomic E-state index is 13.7. The number of hydrogen-bond acceptors (Lipinski definition) is 3. The lowest BCUT2D eigenvalue weighted by Crippen LogP contribution is -2.05. The van der Waals surface area contributed by atoms with Crippen molar-refractivity contribution in [1.29, 1.82) is 0 Å². The molecule has 0 heterocycles. The number of rotatable bonds is 5. The van der Waals surface area contributed by atoms with E-state index in [2.05, 4.69) is 5.32 Å². The molecule has 0 atom stereocenters. The van der Waals surface area contributed by atoms with E-state index in [4.69, 9.17) is 9.84 Å². The first kappa shape index (κ1) is 13.4. The van der Waals surface area contributed by atoms with Crippen molar-refractivity contribution >= 4 is 0 Å². The average molecular weight is 261 g/mol. The smallest absolute Gasteiger partial charge is 0.165 e. The van der Waals surface area contributed by atoms with Gasteiger partial charge in [-0.1, -0.05) is 18.2 Å². The Bertz CT molecular complexity index is 540. The zero-order chi connectivity index (χ0) is 13.7. The average Bonchev–Trinajstić information content (AvgIpc) is 2.40. The number of hydrogen-bond donors (Lipinski definition) is 2. The summed E-state index contributed by atoms with van der Waals surface area (Å²) in [6.45, 7) is 0.887. The van der Waals surface area contributed by atoms with Crippen LogP contribution in [0.2, 0.25) is 0 Å². The Morgan fingerprint density at radius 2 is 1.79 bits per heavy atom. The quantitative estimate of drug-likeness (QED) is 0.869. The molecule has 0 radical (unpaired) electrons. The lowest BCUT2D eigenvalue weighted by molar-refractivity contribution is 0.290. The van der Waals surface area contributed by atoms with Crippen LogP contribution in [0, 0.1) is 5.82 Å². The van der Waals surface area contributed by atoms with Crippen LogP contribution >= 0.6 is 0 Å². The van der Waals surface area contributed by atoms with Crippen LogP contribution in [-0.2, 0) is 13.2 Å². The highest BCUT2D eigenvalue weighted by Crippen LogP contribution is 2.20. The normalized spacial score (nSPS) is 10.4. The van der Waals surface area contributed by atoms with Crippen LogP contribution < -0.4 is 10.1 Å². The van der Waals surface area contributed by atoms with Gasteiger partial charge in [0.2, 0.25) is 0 Å². The summed E-state index contributed by atoms with van der Waals surface area (Å²) >= 11 is 0. The van der Waals surface area contributed by atoms with Crippen molar-refractivity contribution in [3.63, 3.8) is 0 Å². The van der Waals surface area contributed by atoms with Gasteiger partial charge in [0.1, 0.15) is 12.4 Å². The zero-order valence-corrected chi connectivity index (χ0v) is 10.7. The second-order valence-corrected chi connectivity index (χ2v) is 4.25. The summed E-state index contributed by atoms with van der Waals surface area (Å²) in [5.74, 6) is 0.0609. The molecule has 2 N–H and O–H groups in total. The van der Waals surface area contributed by atoms with Crippen molar-refractivity contribution in [1.82, 2.24) is 5.32 Å². The molecule has 0 saturated carbocycles. The summed E-state index contributed by atoms with van der Waals surface area (Å²) in [6.07, 6.45) is 0. The Labute approximate surface area is 111 Å².